The summed E-state index contributed by atoms with van der Waals surface area (Å²) in [5.41, 5.74) is 0. The van der Waals surface area contributed by atoms with Crippen molar-refractivity contribution in [2.75, 3.05) is 36.3 Å². The molecule has 7 heteroatoms. The van der Waals surface area contributed by atoms with Crippen molar-refractivity contribution in [3.05, 3.63) is 11.9 Å². The van der Waals surface area contributed by atoms with E-state index in [0.29, 0.717) is 18.2 Å². The average molecular weight is 300 g/mol. The lowest BCUT2D eigenvalue weighted by Gasteiger charge is -2.15. The Balaban J connectivity index is 2.73. The van der Waals surface area contributed by atoms with E-state index in [-0.39, 0.29) is 6.04 Å². The van der Waals surface area contributed by atoms with E-state index in [0.717, 1.165) is 24.6 Å². The zero-order chi connectivity index (χ0) is 15.0. The Morgan fingerprint density at radius 3 is 2.70 bits per heavy atom. The number of ether oxygens (including phenoxy) is 1. The fourth-order valence-electron chi connectivity index (χ4n) is 1.70. The van der Waals surface area contributed by atoms with Crippen LogP contribution in [0.5, 0.6) is 0 Å². The van der Waals surface area contributed by atoms with Crippen molar-refractivity contribution in [1.29, 1.82) is 0 Å². The quantitative estimate of drug-likeness (QED) is 0.722. The van der Waals surface area contributed by atoms with Crippen LogP contribution in [0.3, 0.4) is 0 Å². The lowest BCUT2D eigenvalue weighted by molar-refractivity contribution is 0.178. The highest BCUT2D eigenvalue weighted by Crippen LogP contribution is 2.13. The minimum absolute atomic E-state index is 0.207. The molecule has 2 N–H and O–H groups in total. The van der Waals surface area contributed by atoms with Gasteiger partial charge in [-0.2, -0.15) is 0 Å². The van der Waals surface area contributed by atoms with Crippen molar-refractivity contribution in [2.45, 2.75) is 32.9 Å². The molecule has 0 aliphatic carbocycles. The lowest BCUT2D eigenvalue weighted by Crippen LogP contribution is -2.19. The van der Waals surface area contributed by atoms with Crippen LogP contribution in [0.15, 0.2) is 6.07 Å². The van der Waals surface area contributed by atoms with E-state index in [2.05, 4.69) is 27.5 Å². The van der Waals surface area contributed by atoms with E-state index < -0.39 is 10.8 Å². The molecule has 0 aromatic carbocycles. The molecular weight excluding hydrogens is 276 g/mol. The van der Waals surface area contributed by atoms with Gasteiger partial charge in [0.25, 0.3) is 0 Å². The van der Waals surface area contributed by atoms with Gasteiger partial charge in [-0.25, -0.2) is 9.97 Å². The molecule has 0 amide bonds. The van der Waals surface area contributed by atoms with Gasteiger partial charge in [0.15, 0.2) is 5.82 Å². The summed E-state index contributed by atoms with van der Waals surface area (Å²) < 4.78 is 16.2. The van der Waals surface area contributed by atoms with E-state index in [1.54, 1.807) is 13.4 Å². The van der Waals surface area contributed by atoms with Gasteiger partial charge in [-0.1, -0.05) is 0 Å². The minimum atomic E-state index is -0.764. The second-order valence-electron chi connectivity index (χ2n) is 4.63. The maximum absolute atomic E-state index is 11.1. The zero-order valence-electron chi connectivity index (χ0n) is 12.6. The lowest BCUT2D eigenvalue weighted by atomic mass is 10.2. The second-order valence-corrected chi connectivity index (χ2v) is 6.18. The third-order valence-electron chi connectivity index (χ3n) is 2.64. The van der Waals surface area contributed by atoms with E-state index in [1.165, 1.54) is 0 Å². The van der Waals surface area contributed by atoms with E-state index in [1.807, 2.05) is 13.0 Å². The summed E-state index contributed by atoms with van der Waals surface area (Å²) in [7, 11) is 0.857. The Hall–Kier alpha value is -1.21. The summed E-state index contributed by atoms with van der Waals surface area (Å²) in [5, 5.41) is 6.49. The molecule has 0 aliphatic heterocycles. The third-order valence-corrected chi connectivity index (χ3v) is 3.45. The maximum atomic E-state index is 11.1. The molecule has 0 radical (unpaired) electrons. The molecule has 0 fully saturated rings. The molecule has 6 nitrogen and oxygen atoms in total. The van der Waals surface area contributed by atoms with Crippen molar-refractivity contribution in [3.63, 3.8) is 0 Å². The number of nitrogens with one attached hydrogen (secondary N) is 2. The molecule has 0 bridgehead atoms. The first-order valence-corrected chi connectivity index (χ1v) is 8.45. The van der Waals surface area contributed by atoms with Crippen LogP contribution in [0.2, 0.25) is 0 Å². The molecular formula is C13H24N4O2S. The van der Waals surface area contributed by atoms with E-state index >= 15 is 0 Å². The van der Waals surface area contributed by atoms with Crippen molar-refractivity contribution in [3.8, 4) is 0 Å². The first-order chi connectivity index (χ1) is 9.55. The molecule has 1 aromatic rings. The predicted molar refractivity (Wildman–Crippen MR) is 83.5 cm³/mol. The maximum Gasteiger partial charge on any atom is 0.158 e. The number of anilines is 2. The second kappa shape index (κ2) is 8.86. The smallest absolute Gasteiger partial charge is 0.158 e. The van der Waals surface area contributed by atoms with Gasteiger partial charge in [-0.05, 0) is 20.3 Å². The molecule has 2 unspecified atom stereocenters. The number of hydrogen-bond acceptors (Lipinski definition) is 6. The summed E-state index contributed by atoms with van der Waals surface area (Å²) in [6.45, 7) is 5.25. The molecule has 114 valence electrons. The van der Waals surface area contributed by atoms with E-state index in [4.69, 9.17) is 4.74 Å². The molecule has 2 atom stereocenters. The predicted octanol–water partition coefficient (Wildman–Crippen LogP) is 1.62. The van der Waals surface area contributed by atoms with Crippen LogP contribution < -0.4 is 10.6 Å². The van der Waals surface area contributed by atoms with Crippen molar-refractivity contribution < 1.29 is 8.95 Å². The van der Waals surface area contributed by atoms with E-state index in [9.17, 15) is 4.21 Å². The van der Waals surface area contributed by atoms with Crippen molar-refractivity contribution in [1.82, 2.24) is 9.97 Å². The van der Waals surface area contributed by atoms with Gasteiger partial charge in [-0.3, -0.25) is 4.21 Å². The number of aromatic nitrogens is 2. The fraction of sp³-hybridized carbons (Fsp3) is 0.692. The number of nitrogens with zero attached hydrogens (tertiary/aromatic N) is 2. The Kier molecular flexibility index (Phi) is 7.46. The van der Waals surface area contributed by atoms with Crippen LogP contribution in [0.25, 0.3) is 0 Å². The summed E-state index contributed by atoms with van der Waals surface area (Å²) in [5.74, 6) is 2.87. The monoisotopic (exact) mass is 300 g/mol. The van der Waals surface area contributed by atoms with Gasteiger partial charge < -0.3 is 15.4 Å². The third kappa shape index (κ3) is 6.29. The Morgan fingerprint density at radius 1 is 1.40 bits per heavy atom. The van der Waals surface area contributed by atoms with Crippen molar-refractivity contribution in [2.24, 2.45) is 0 Å². The molecule has 0 saturated heterocycles. The number of rotatable bonds is 9. The van der Waals surface area contributed by atoms with Crippen LogP contribution in [-0.4, -0.2) is 45.9 Å². The van der Waals surface area contributed by atoms with Gasteiger partial charge in [0.1, 0.15) is 18.2 Å². The van der Waals surface area contributed by atoms with Gasteiger partial charge >= 0.3 is 0 Å². The highest BCUT2D eigenvalue weighted by Gasteiger charge is 2.08. The normalized spacial score (nSPS) is 13.8. The summed E-state index contributed by atoms with van der Waals surface area (Å²) >= 11 is 0. The first kappa shape index (κ1) is 16.8. The largest absolute Gasteiger partial charge is 0.377 e. The highest BCUT2D eigenvalue weighted by atomic mass is 32.2. The van der Waals surface area contributed by atoms with Crippen molar-refractivity contribution >= 4 is 22.4 Å². The fourth-order valence-corrected chi connectivity index (χ4v) is 2.39. The van der Waals surface area contributed by atoms with Gasteiger partial charge in [0.2, 0.25) is 0 Å². The minimum Gasteiger partial charge on any atom is -0.377 e. The molecule has 1 heterocycles. The van der Waals surface area contributed by atoms with Gasteiger partial charge in [0, 0.05) is 48.6 Å². The standard InChI is InChI=1S/C13H24N4O2S/c1-5-14-11-8-12(17-13(16-11)9-19-3)15-10(2)6-7-20(4)18/h8,10H,5-7,9H2,1-4H3,(H2,14,15,16,17). The Labute approximate surface area is 123 Å². The van der Waals surface area contributed by atoms with Crippen LogP contribution >= 0.6 is 0 Å². The molecule has 20 heavy (non-hydrogen) atoms. The number of hydrogen-bond donors (Lipinski definition) is 2. The molecule has 1 aromatic heterocycles. The van der Waals surface area contributed by atoms with Crippen LogP contribution in [0.4, 0.5) is 11.6 Å². The number of methoxy groups -OCH3 is 1. The summed E-state index contributed by atoms with van der Waals surface area (Å²) in [6, 6.07) is 2.08. The molecule has 0 aliphatic rings. The molecule has 0 spiro atoms. The van der Waals surface area contributed by atoms with Gasteiger partial charge in [-0.15, -0.1) is 0 Å². The summed E-state index contributed by atoms with van der Waals surface area (Å²) in [6.07, 6.45) is 2.56. The van der Waals surface area contributed by atoms with Crippen LogP contribution in [0.1, 0.15) is 26.1 Å². The zero-order valence-corrected chi connectivity index (χ0v) is 13.4. The molecule has 1 rings (SSSR count). The van der Waals surface area contributed by atoms with Crippen LogP contribution in [-0.2, 0) is 22.1 Å². The average Bonchev–Trinajstić information content (AvgIpc) is 2.37. The Morgan fingerprint density at radius 2 is 2.10 bits per heavy atom. The first-order valence-electron chi connectivity index (χ1n) is 6.72. The Bertz CT molecular complexity index is 418. The molecule has 0 saturated carbocycles. The summed E-state index contributed by atoms with van der Waals surface area (Å²) in [4.78, 5) is 8.77. The van der Waals surface area contributed by atoms with Crippen LogP contribution in [0, 0.1) is 0 Å². The van der Waals surface area contributed by atoms with Gasteiger partial charge in [0.05, 0.1) is 0 Å². The topological polar surface area (TPSA) is 76.1 Å². The SMILES string of the molecule is CCNc1cc(NC(C)CCS(C)=O)nc(COC)n1. The highest BCUT2D eigenvalue weighted by molar-refractivity contribution is 7.84.